The molecule has 86 valence electrons. The molecule has 3 rings (SSSR count). The fourth-order valence-corrected chi connectivity index (χ4v) is 3.68. The van der Waals surface area contributed by atoms with Gasteiger partial charge in [0.15, 0.2) is 0 Å². The van der Waals surface area contributed by atoms with Crippen LogP contribution in [-0.4, -0.2) is 16.2 Å². The molecule has 1 aromatic rings. The number of fused-ring (bicyclic) bond motifs is 2. The first-order chi connectivity index (χ1) is 7.71. The van der Waals surface area contributed by atoms with E-state index in [0.717, 1.165) is 24.8 Å². The van der Waals surface area contributed by atoms with Crippen molar-refractivity contribution in [1.82, 2.24) is 5.16 Å². The van der Waals surface area contributed by atoms with Gasteiger partial charge in [-0.25, -0.2) is 0 Å². The predicted octanol–water partition coefficient (Wildman–Crippen LogP) is 2.11. The van der Waals surface area contributed by atoms with Crippen molar-refractivity contribution in [2.75, 3.05) is 0 Å². The maximum absolute atomic E-state index is 11.6. The van der Waals surface area contributed by atoms with E-state index in [1.807, 2.05) is 0 Å². The molecule has 2 aliphatic carbocycles. The van der Waals surface area contributed by atoms with E-state index in [9.17, 15) is 9.90 Å². The van der Waals surface area contributed by atoms with Crippen molar-refractivity contribution in [3.05, 3.63) is 18.0 Å². The molecule has 4 heteroatoms. The fourth-order valence-electron chi connectivity index (χ4n) is 3.68. The summed E-state index contributed by atoms with van der Waals surface area (Å²) in [5, 5.41) is 13.2. The van der Waals surface area contributed by atoms with Crippen molar-refractivity contribution < 1.29 is 14.4 Å². The Bertz CT molecular complexity index is 400. The van der Waals surface area contributed by atoms with E-state index in [2.05, 4.69) is 5.16 Å². The van der Waals surface area contributed by atoms with Crippen molar-refractivity contribution in [3.63, 3.8) is 0 Å². The monoisotopic (exact) mass is 221 g/mol. The smallest absolute Gasteiger partial charge is 0.310 e. The number of nitrogens with zero attached hydrogens (tertiary/aromatic N) is 1. The average Bonchev–Trinajstić information content (AvgIpc) is 2.92. The van der Waals surface area contributed by atoms with Crippen LogP contribution in [-0.2, 0) is 11.2 Å². The summed E-state index contributed by atoms with van der Waals surface area (Å²) in [5.74, 6) is 0.340. The summed E-state index contributed by atoms with van der Waals surface area (Å²) in [7, 11) is 0. The van der Waals surface area contributed by atoms with Gasteiger partial charge >= 0.3 is 5.97 Å². The minimum atomic E-state index is -0.638. The Balaban J connectivity index is 1.89. The molecule has 2 aliphatic rings. The molecule has 4 nitrogen and oxygen atoms in total. The number of aliphatic carboxylic acids is 1. The Morgan fingerprint density at radius 1 is 1.62 bits per heavy atom. The van der Waals surface area contributed by atoms with Gasteiger partial charge in [-0.1, -0.05) is 11.6 Å². The van der Waals surface area contributed by atoms with Crippen LogP contribution in [0.5, 0.6) is 0 Å². The van der Waals surface area contributed by atoms with Gasteiger partial charge in [0.1, 0.15) is 6.26 Å². The van der Waals surface area contributed by atoms with Gasteiger partial charge < -0.3 is 9.63 Å². The molecule has 2 fully saturated rings. The maximum atomic E-state index is 11.6. The van der Waals surface area contributed by atoms with Gasteiger partial charge in [-0.2, -0.15) is 0 Å². The van der Waals surface area contributed by atoms with Crippen LogP contribution in [0.2, 0.25) is 0 Å². The minimum absolute atomic E-state index is 0.352. The lowest BCUT2D eigenvalue weighted by atomic mass is 9.70. The Morgan fingerprint density at radius 3 is 3.00 bits per heavy atom. The van der Waals surface area contributed by atoms with Crippen molar-refractivity contribution in [2.45, 2.75) is 32.1 Å². The lowest BCUT2D eigenvalue weighted by Crippen LogP contribution is -2.38. The zero-order valence-electron chi connectivity index (χ0n) is 9.06. The van der Waals surface area contributed by atoms with Crippen molar-refractivity contribution >= 4 is 5.97 Å². The second-order valence-electron chi connectivity index (χ2n) is 5.25. The zero-order valence-corrected chi connectivity index (χ0v) is 9.06. The zero-order chi connectivity index (χ0) is 11.2. The first-order valence-corrected chi connectivity index (χ1v) is 5.82. The van der Waals surface area contributed by atoms with Crippen LogP contribution >= 0.6 is 0 Å². The molecular weight excluding hydrogens is 206 g/mol. The standard InChI is InChI=1S/C12H15NO3/c14-11(15)12(5-9-6-13-16-7-9)4-8-1-2-10(12)3-8/h6-8,10H,1-5H2,(H,14,15). The molecule has 1 aromatic heterocycles. The lowest BCUT2D eigenvalue weighted by molar-refractivity contribution is -0.152. The number of rotatable bonds is 3. The van der Waals surface area contributed by atoms with Crippen LogP contribution in [0.3, 0.4) is 0 Å². The molecule has 0 radical (unpaired) electrons. The van der Waals surface area contributed by atoms with E-state index in [1.54, 1.807) is 12.5 Å². The third-order valence-electron chi connectivity index (χ3n) is 4.40. The molecule has 0 spiro atoms. The summed E-state index contributed by atoms with van der Waals surface area (Å²) in [6.07, 6.45) is 7.99. The van der Waals surface area contributed by atoms with E-state index < -0.39 is 11.4 Å². The lowest BCUT2D eigenvalue weighted by Gasteiger charge is -2.33. The average molecular weight is 221 g/mol. The van der Waals surface area contributed by atoms with Gasteiger partial charge in [-0.15, -0.1) is 0 Å². The highest BCUT2D eigenvalue weighted by Gasteiger charge is 2.55. The van der Waals surface area contributed by atoms with E-state index in [-0.39, 0.29) is 0 Å². The highest BCUT2D eigenvalue weighted by atomic mass is 16.5. The summed E-state index contributed by atoms with van der Waals surface area (Å²) < 4.78 is 4.79. The molecule has 1 N–H and O–H groups in total. The van der Waals surface area contributed by atoms with Crippen LogP contribution in [0.25, 0.3) is 0 Å². The molecule has 0 saturated heterocycles. The fraction of sp³-hybridized carbons (Fsp3) is 0.667. The van der Waals surface area contributed by atoms with Crippen molar-refractivity contribution in [2.24, 2.45) is 17.3 Å². The van der Waals surface area contributed by atoms with E-state index in [0.29, 0.717) is 18.3 Å². The molecule has 16 heavy (non-hydrogen) atoms. The van der Waals surface area contributed by atoms with Gasteiger partial charge in [0.05, 0.1) is 11.6 Å². The third-order valence-corrected chi connectivity index (χ3v) is 4.40. The highest BCUT2D eigenvalue weighted by molar-refractivity contribution is 5.76. The molecule has 2 saturated carbocycles. The van der Waals surface area contributed by atoms with Gasteiger partial charge in [0.25, 0.3) is 0 Å². The van der Waals surface area contributed by atoms with E-state index >= 15 is 0 Å². The summed E-state index contributed by atoms with van der Waals surface area (Å²) in [6, 6.07) is 0. The molecular formula is C12H15NO3. The number of aromatic nitrogens is 1. The normalized spacial score (nSPS) is 36.8. The number of carboxylic acid groups (broad SMARTS) is 1. The molecule has 3 unspecified atom stereocenters. The topological polar surface area (TPSA) is 63.3 Å². The van der Waals surface area contributed by atoms with E-state index in [4.69, 9.17) is 4.52 Å². The third kappa shape index (κ3) is 1.29. The Labute approximate surface area is 93.6 Å². The van der Waals surface area contributed by atoms with Crippen LogP contribution in [0.4, 0.5) is 0 Å². The summed E-state index contributed by atoms with van der Waals surface area (Å²) >= 11 is 0. The minimum Gasteiger partial charge on any atom is -0.481 e. The van der Waals surface area contributed by atoms with Gasteiger partial charge in [0.2, 0.25) is 0 Å². The number of carbonyl (C=O) groups is 1. The summed E-state index contributed by atoms with van der Waals surface area (Å²) in [4.78, 5) is 11.6. The summed E-state index contributed by atoms with van der Waals surface area (Å²) in [5.41, 5.74) is 0.365. The van der Waals surface area contributed by atoms with E-state index in [1.165, 1.54) is 6.42 Å². The highest BCUT2D eigenvalue weighted by Crippen LogP contribution is 2.57. The second-order valence-corrected chi connectivity index (χ2v) is 5.25. The Morgan fingerprint density at radius 2 is 2.50 bits per heavy atom. The number of carboxylic acids is 1. The molecule has 0 aromatic carbocycles. The van der Waals surface area contributed by atoms with Gasteiger partial charge in [0, 0.05) is 5.56 Å². The Kier molecular flexibility index (Phi) is 2.06. The molecule has 2 bridgehead atoms. The maximum Gasteiger partial charge on any atom is 0.310 e. The first-order valence-electron chi connectivity index (χ1n) is 5.82. The number of hydrogen-bond acceptors (Lipinski definition) is 3. The predicted molar refractivity (Wildman–Crippen MR) is 55.7 cm³/mol. The number of hydrogen-bond donors (Lipinski definition) is 1. The Hall–Kier alpha value is -1.32. The van der Waals surface area contributed by atoms with Crippen LogP contribution in [0.1, 0.15) is 31.2 Å². The summed E-state index contributed by atoms with van der Waals surface area (Å²) in [6.45, 7) is 0. The van der Waals surface area contributed by atoms with Crippen LogP contribution in [0.15, 0.2) is 17.0 Å². The molecule has 3 atom stereocenters. The van der Waals surface area contributed by atoms with Crippen molar-refractivity contribution in [1.29, 1.82) is 0 Å². The largest absolute Gasteiger partial charge is 0.481 e. The van der Waals surface area contributed by atoms with Crippen LogP contribution in [0, 0.1) is 17.3 Å². The second kappa shape index (κ2) is 3.34. The first kappa shape index (κ1) is 9.87. The molecule has 0 aliphatic heterocycles. The molecule has 1 heterocycles. The SMILES string of the molecule is O=C(O)C1(Cc2cnoc2)CC2CCC1C2. The van der Waals surface area contributed by atoms with Gasteiger partial charge in [-0.3, -0.25) is 4.79 Å². The van der Waals surface area contributed by atoms with Crippen molar-refractivity contribution in [3.8, 4) is 0 Å². The van der Waals surface area contributed by atoms with Gasteiger partial charge in [-0.05, 0) is 37.5 Å². The van der Waals surface area contributed by atoms with Crippen LogP contribution < -0.4 is 0 Å². The molecule has 0 amide bonds. The quantitative estimate of drug-likeness (QED) is 0.849.